The lowest BCUT2D eigenvalue weighted by atomic mass is 10.0. The summed E-state index contributed by atoms with van der Waals surface area (Å²) in [5.41, 5.74) is 1.74. The fraction of sp³-hybridized carbons (Fsp3) is 0.200. The second-order valence-corrected chi connectivity index (χ2v) is 5.38. The number of aromatic hydroxyl groups is 1. The summed E-state index contributed by atoms with van der Waals surface area (Å²) in [6.07, 6.45) is 0.836. The van der Waals surface area contributed by atoms with Crippen LogP contribution in [-0.2, 0) is 12.8 Å². The number of fused-ring (bicyclic) bond motifs is 1. The maximum Gasteiger partial charge on any atom is 0.254 e. The summed E-state index contributed by atoms with van der Waals surface area (Å²) in [6, 6.07) is 5.50. The van der Waals surface area contributed by atoms with E-state index in [2.05, 4.69) is 10.1 Å². The van der Waals surface area contributed by atoms with Crippen LogP contribution in [0.3, 0.4) is 0 Å². The molecule has 0 radical (unpaired) electrons. The maximum atomic E-state index is 14.0. The molecule has 2 aromatic heterocycles. The molecule has 0 saturated heterocycles. The van der Waals surface area contributed by atoms with Crippen LogP contribution in [0.2, 0.25) is 5.02 Å². The van der Waals surface area contributed by atoms with Crippen molar-refractivity contribution in [1.82, 2.24) is 14.6 Å². The molecule has 3 rings (SSSR count). The second kappa shape index (κ2) is 5.46. The van der Waals surface area contributed by atoms with E-state index in [1.165, 1.54) is 10.6 Å². The lowest BCUT2D eigenvalue weighted by Gasteiger charge is -2.04. The highest BCUT2D eigenvalue weighted by Gasteiger charge is 2.17. The van der Waals surface area contributed by atoms with Crippen LogP contribution in [0.4, 0.5) is 4.39 Å². The van der Waals surface area contributed by atoms with Gasteiger partial charge in [0.25, 0.3) is 5.56 Å². The minimum Gasteiger partial charge on any atom is -0.493 e. The molecular weight excluding hydrogens is 309 g/mol. The van der Waals surface area contributed by atoms with Crippen molar-refractivity contribution in [3.8, 4) is 5.88 Å². The molecule has 5 nitrogen and oxygen atoms in total. The Labute approximate surface area is 130 Å². The molecule has 22 heavy (non-hydrogen) atoms. The summed E-state index contributed by atoms with van der Waals surface area (Å²) in [6.45, 7) is 1.90. The Bertz CT molecular complexity index is 917. The average Bonchev–Trinajstić information content (AvgIpc) is 2.80. The predicted molar refractivity (Wildman–Crippen MR) is 81.1 cm³/mol. The van der Waals surface area contributed by atoms with Crippen molar-refractivity contribution in [1.29, 1.82) is 0 Å². The lowest BCUT2D eigenvalue weighted by Crippen LogP contribution is -2.08. The maximum absolute atomic E-state index is 14.0. The highest BCUT2D eigenvalue weighted by atomic mass is 35.5. The number of aryl methyl sites for hydroxylation is 1. The number of H-pyrrole nitrogens is 1. The Hall–Kier alpha value is -2.34. The van der Waals surface area contributed by atoms with Crippen molar-refractivity contribution in [2.45, 2.75) is 19.8 Å². The molecule has 0 aliphatic carbocycles. The Balaban J connectivity index is 2.19. The number of nitrogens with zero attached hydrogens (tertiary/aromatic N) is 2. The summed E-state index contributed by atoms with van der Waals surface area (Å²) < 4.78 is 15.3. The van der Waals surface area contributed by atoms with Crippen molar-refractivity contribution in [2.24, 2.45) is 0 Å². The summed E-state index contributed by atoms with van der Waals surface area (Å²) in [5.74, 6) is -0.673. The largest absolute Gasteiger partial charge is 0.493 e. The van der Waals surface area contributed by atoms with Crippen LogP contribution in [0, 0.1) is 5.82 Å². The lowest BCUT2D eigenvalue weighted by molar-refractivity contribution is 0.433. The standard InChI is InChI=1S/C15H13ClFN3O2/c1-2-12-10(5-8-3-4-9(16)6-11(8)17)15-18-13(21)7-14(22)20(15)19-12/h3-4,6-7,22H,2,5H2,1H3,(H,18,21). The first kappa shape index (κ1) is 14.6. The number of nitrogens with one attached hydrogen (secondary N) is 1. The van der Waals surface area contributed by atoms with E-state index in [1.54, 1.807) is 12.1 Å². The number of hydrogen-bond donors (Lipinski definition) is 2. The zero-order valence-corrected chi connectivity index (χ0v) is 12.5. The van der Waals surface area contributed by atoms with Crippen molar-refractivity contribution in [2.75, 3.05) is 0 Å². The average molecular weight is 322 g/mol. The number of halogens is 2. The zero-order chi connectivity index (χ0) is 15.9. The van der Waals surface area contributed by atoms with E-state index < -0.39 is 11.4 Å². The van der Waals surface area contributed by atoms with E-state index >= 15 is 0 Å². The second-order valence-electron chi connectivity index (χ2n) is 4.94. The van der Waals surface area contributed by atoms with Gasteiger partial charge in [-0.15, -0.1) is 0 Å². The van der Waals surface area contributed by atoms with Gasteiger partial charge in [0.2, 0.25) is 5.88 Å². The molecule has 2 N–H and O–H groups in total. The number of aromatic amines is 1. The normalized spacial score (nSPS) is 11.2. The monoisotopic (exact) mass is 321 g/mol. The summed E-state index contributed by atoms with van der Waals surface area (Å²) in [7, 11) is 0. The minimum atomic E-state index is -0.439. The number of hydrogen-bond acceptors (Lipinski definition) is 3. The zero-order valence-electron chi connectivity index (χ0n) is 11.7. The highest BCUT2D eigenvalue weighted by molar-refractivity contribution is 6.30. The first-order chi connectivity index (χ1) is 10.5. The van der Waals surface area contributed by atoms with Crippen LogP contribution in [0.15, 0.2) is 29.1 Å². The molecule has 0 bridgehead atoms. The van der Waals surface area contributed by atoms with Crippen LogP contribution in [0.5, 0.6) is 5.88 Å². The van der Waals surface area contributed by atoms with Crippen molar-refractivity contribution >= 4 is 17.2 Å². The van der Waals surface area contributed by atoms with E-state index in [9.17, 15) is 14.3 Å². The number of aromatic nitrogens is 3. The molecule has 0 saturated carbocycles. The first-order valence-electron chi connectivity index (χ1n) is 6.76. The van der Waals surface area contributed by atoms with Gasteiger partial charge < -0.3 is 10.1 Å². The van der Waals surface area contributed by atoms with Gasteiger partial charge >= 0.3 is 0 Å². The van der Waals surface area contributed by atoms with Gasteiger partial charge in [0, 0.05) is 17.0 Å². The third-order valence-corrected chi connectivity index (χ3v) is 3.74. The van der Waals surface area contributed by atoms with Gasteiger partial charge in [0.1, 0.15) is 11.5 Å². The molecule has 0 atom stereocenters. The molecule has 0 spiro atoms. The summed E-state index contributed by atoms with van der Waals surface area (Å²) in [4.78, 5) is 14.2. The first-order valence-corrected chi connectivity index (χ1v) is 7.14. The molecule has 1 aromatic carbocycles. The van der Waals surface area contributed by atoms with E-state index in [-0.39, 0.29) is 12.3 Å². The Morgan fingerprint density at radius 1 is 1.41 bits per heavy atom. The van der Waals surface area contributed by atoms with Crippen molar-refractivity contribution in [3.63, 3.8) is 0 Å². The fourth-order valence-corrected chi connectivity index (χ4v) is 2.61. The van der Waals surface area contributed by atoms with Gasteiger partial charge in [0.05, 0.1) is 11.8 Å². The molecule has 0 fully saturated rings. The van der Waals surface area contributed by atoms with Crippen LogP contribution >= 0.6 is 11.6 Å². The number of rotatable bonds is 3. The van der Waals surface area contributed by atoms with Crippen LogP contribution in [-0.4, -0.2) is 19.7 Å². The van der Waals surface area contributed by atoms with Gasteiger partial charge in [-0.2, -0.15) is 9.61 Å². The molecule has 2 heterocycles. The highest BCUT2D eigenvalue weighted by Crippen LogP contribution is 2.23. The van der Waals surface area contributed by atoms with Crippen LogP contribution in [0.1, 0.15) is 23.7 Å². The van der Waals surface area contributed by atoms with Crippen LogP contribution in [0.25, 0.3) is 5.65 Å². The van der Waals surface area contributed by atoms with Gasteiger partial charge in [-0.25, -0.2) is 4.39 Å². The molecule has 0 aliphatic rings. The third kappa shape index (κ3) is 2.46. The summed E-state index contributed by atoms with van der Waals surface area (Å²) in [5, 5.41) is 14.4. The van der Waals surface area contributed by atoms with Gasteiger partial charge in [0.15, 0.2) is 0 Å². The van der Waals surface area contributed by atoms with Gasteiger partial charge in [-0.3, -0.25) is 4.79 Å². The molecule has 0 unspecified atom stereocenters. The fourth-order valence-electron chi connectivity index (χ4n) is 2.45. The van der Waals surface area contributed by atoms with Crippen molar-refractivity contribution in [3.05, 3.63) is 62.3 Å². The Morgan fingerprint density at radius 2 is 2.18 bits per heavy atom. The molecular formula is C15H13ClFN3O2. The van der Waals surface area contributed by atoms with Gasteiger partial charge in [-0.05, 0) is 24.1 Å². The van der Waals surface area contributed by atoms with E-state index in [1.807, 2.05) is 6.92 Å². The Kier molecular flexibility index (Phi) is 3.62. The summed E-state index contributed by atoms with van der Waals surface area (Å²) >= 11 is 5.76. The SMILES string of the molecule is CCc1nn2c(O)cc(=O)[nH]c2c1Cc1ccc(Cl)cc1F. The quantitative estimate of drug-likeness (QED) is 0.779. The van der Waals surface area contributed by atoms with Crippen molar-refractivity contribution < 1.29 is 9.50 Å². The van der Waals surface area contributed by atoms with E-state index in [4.69, 9.17) is 11.6 Å². The smallest absolute Gasteiger partial charge is 0.254 e. The topological polar surface area (TPSA) is 70.4 Å². The minimum absolute atomic E-state index is 0.245. The molecule has 7 heteroatoms. The van der Waals surface area contributed by atoms with E-state index in [0.717, 1.165) is 6.07 Å². The third-order valence-electron chi connectivity index (χ3n) is 3.50. The Morgan fingerprint density at radius 3 is 2.86 bits per heavy atom. The number of benzene rings is 1. The van der Waals surface area contributed by atoms with E-state index in [0.29, 0.717) is 33.9 Å². The molecule has 0 amide bonds. The molecule has 114 valence electrons. The van der Waals surface area contributed by atoms with Crippen LogP contribution < -0.4 is 5.56 Å². The molecule has 3 aromatic rings. The predicted octanol–water partition coefficient (Wildman–Crippen LogP) is 2.67. The van der Waals surface area contributed by atoms with Gasteiger partial charge in [-0.1, -0.05) is 24.6 Å². The molecule has 0 aliphatic heterocycles.